The van der Waals surface area contributed by atoms with Crippen LogP contribution < -0.4 is 0 Å². The molecule has 2 heterocycles. The fourth-order valence-electron chi connectivity index (χ4n) is 2.84. The van der Waals surface area contributed by atoms with Crippen LogP contribution in [0.15, 0.2) is 24.3 Å². The van der Waals surface area contributed by atoms with E-state index in [1.165, 1.54) is 18.4 Å². The molecule has 114 valence electrons. The molecule has 6 heteroatoms. The van der Waals surface area contributed by atoms with Crippen molar-refractivity contribution >= 4 is 23.2 Å². The van der Waals surface area contributed by atoms with Gasteiger partial charge in [-0.3, -0.25) is 14.5 Å². The van der Waals surface area contributed by atoms with Crippen LogP contribution >= 0.6 is 11.3 Å². The van der Waals surface area contributed by atoms with Gasteiger partial charge in [-0.15, -0.1) is 11.3 Å². The van der Waals surface area contributed by atoms with Gasteiger partial charge in [0.2, 0.25) is 0 Å². The Balaban J connectivity index is 2.15. The third-order valence-corrected chi connectivity index (χ3v) is 5.05. The van der Waals surface area contributed by atoms with Gasteiger partial charge in [0.1, 0.15) is 0 Å². The molecular formula is C16H16N2O3S. The molecule has 2 amide bonds. The Bertz CT molecular complexity index is 783. The van der Waals surface area contributed by atoms with Crippen molar-refractivity contribution in [3.8, 4) is 0 Å². The molecule has 1 aromatic heterocycles. The number of hydrogen-bond acceptors (Lipinski definition) is 5. The highest BCUT2D eigenvalue weighted by atomic mass is 32.1. The van der Waals surface area contributed by atoms with E-state index >= 15 is 0 Å². The van der Waals surface area contributed by atoms with E-state index in [1.54, 1.807) is 24.3 Å². The van der Waals surface area contributed by atoms with Gasteiger partial charge in [0, 0.05) is 29.5 Å². The van der Waals surface area contributed by atoms with Gasteiger partial charge < -0.3 is 5.11 Å². The van der Waals surface area contributed by atoms with E-state index < -0.39 is 11.5 Å². The van der Waals surface area contributed by atoms with E-state index in [0.717, 1.165) is 20.5 Å². The van der Waals surface area contributed by atoms with Crippen molar-refractivity contribution in [2.45, 2.75) is 25.9 Å². The summed E-state index contributed by atoms with van der Waals surface area (Å²) < 4.78 is 0. The Labute approximate surface area is 132 Å². The lowest BCUT2D eigenvalue weighted by molar-refractivity contribution is -0.149. The zero-order valence-corrected chi connectivity index (χ0v) is 13.4. The van der Waals surface area contributed by atoms with Crippen molar-refractivity contribution < 1.29 is 14.7 Å². The summed E-state index contributed by atoms with van der Waals surface area (Å²) in [6, 6.07) is 6.72. The average Bonchev–Trinajstić information content (AvgIpc) is 2.81. The maximum absolute atomic E-state index is 12.6. The number of fused-ring (bicyclic) bond motifs is 1. The van der Waals surface area contributed by atoms with E-state index in [0.29, 0.717) is 11.1 Å². The summed E-state index contributed by atoms with van der Waals surface area (Å²) in [5.74, 6) is -0.982. The molecule has 1 atom stereocenters. The molecule has 22 heavy (non-hydrogen) atoms. The van der Waals surface area contributed by atoms with E-state index in [1.807, 2.05) is 13.8 Å². The number of likely N-dealkylation sites (N-methyl/N-ethyl adjacent to an activating group) is 1. The molecule has 1 N–H and O–H groups in total. The largest absolute Gasteiger partial charge is 0.375 e. The smallest absolute Gasteiger partial charge is 0.266 e. The van der Waals surface area contributed by atoms with Gasteiger partial charge in [0.05, 0.1) is 10.7 Å². The number of aromatic nitrogens is 1. The normalized spacial score (nSPS) is 21.2. The SMILES string of the molecule is Cc1nc(C)c(C[C@@]2(O)C(=O)N(C)C(=O)c3ccccc32)s1. The molecule has 0 unspecified atom stereocenters. The highest BCUT2D eigenvalue weighted by Crippen LogP contribution is 2.37. The fourth-order valence-corrected chi connectivity index (χ4v) is 3.85. The molecule has 0 bridgehead atoms. The first-order valence-corrected chi connectivity index (χ1v) is 7.73. The number of rotatable bonds is 2. The second kappa shape index (κ2) is 5.00. The number of carbonyl (C=O) groups excluding carboxylic acids is 2. The lowest BCUT2D eigenvalue weighted by Gasteiger charge is -2.36. The van der Waals surface area contributed by atoms with Gasteiger partial charge in [0.25, 0.3) is 11.8 Å². The quantitative estimate of drug-likeness (QED) is 0.858. The van der Waals surface area contributed by atoms with Crippen molar-refractivity contribution in [3.05, 3.63) is 51.0 Å². The minimum atomic E-state index is -1.73. The van der Waals surface area contributed by atoms with Crippen LogP contribution in [-0.2, 0) is 16.8 Å². The number of hydrogen-bond donors (Lipinski definition) is 1. The molecule has 0 spiro atoms. The topological polar surface area (TPSA) is 70.5 Å². The predicted molar refractivity (Wildman–Crippen MR) is 82.7 cm³/mol. The van der Waals surface area contributed by atoms with E-state index in [9.17, 15) is 14.7 Å². The highest BCUT2D eigenvalue weighted by molar-refractivity contribution is 7.11. The third-order valence-electron chi connectivity index (χ3n) is 3.98. The van der Waals surface area contributed by atoms with Crippen molar-refractivity contribution in [2.24, 2.45) is 0 Å². The summed E-state index contributed by atoms with van der Waals surface area (Å²) in [7, 11) is 1.40. The highest BCUT2D eigenvalue weighted by Gasteiger charge is 2.48. The average molecular weight is 316 g/mol. The van der Waals surface area contributed by atoms with Crippen molar-refractivity contribution in [2.75, 3.05) is 7.05 Å². The Kier molecular flexibility index (Phi) is 3.38. The van der Waals surface area contributed by atoms with Crippen molar-refractivity contribution in [1.82, 2.24) is 9.88 Å². The number of benzene rings is 1. The van der Waals surface area contributed by atoms with Crippen molar-refractivity contribution in [3.63, 3.8) is 0 Å². The lowest BCUT2D eigenvalue weighted by Crippen LogP contribution is -2.53. The first kappa shape index (κ1) is 14.9. The van der Waals surface area contributed by atoms with Gasteiger partial charge >= 0.3 is 0 Å². The summed E-state index contributed by atoms with van der Waals surface area (Å²) in [6.07, 6.45) is 0.123. The zero-order chi connectivity index (χ0) is 16.1. The molecule has 5 nitrogen and oxygen atoms in total. The van der Waals surface area contributed by atoms with Crippen LogP contribution in [-0.4, -0.2) is 33.9 Å². The second-order valence-corrected chi connectivity index (χ2v) is 6.78. The predicted octanol–water partition coefficient (Wildman–Crippen LogP) is 1.80. The molecule has 1 aromatic carbocycles. The summed E-state index contributed by atoms with van der Waals surface area (Å²) >= 11 is 1.46. The first-order valence-electron chi connectivity index (χ1n) is 6.92. The summed E-state index contributed by atoms with van der Waals surface area (Å²) in [6.45, 7) is 3.74. The van der Waals surface area contributed by atoms with E-state index in [4.69, 9.17) is 0 Å². The van der Waals surface area contributed by atoms with Gasteiger partial charge in [-0.05, 0) is 19.9 Å². The number of amides is 2. The van der Waals surface area contributed by atoms with Crippen molar-refractivity contribution in [1.29, 1.82) is 0 Å². The number of aryl methyl sites for hydroxylation is 2. The molecule has 1 aliphatic rings. The number of carbonyl (C=O) groups is 2. The Hall–Kier alpha value is -2.05. The summed E-state index contributed by atoms with van der Waals surface area (Å²) in [5, 5.41) is 12.0. The molecule has 1 aliphatic heterocycles. The maximum atomic E-state index is 12.6. The molecule has 0 aliphatic carbocycles. The number of aliphatic hydroxyl groups is 1. The lowest BCUT2D eigenvalue weighted by atomic mass is 9.81. The van der Waals surface area contributed by atoms with Crippen LogP contribution in [0.1, 0.15) is 31.5 Å². The molecular weight excluding hydrogens is 300 g/mol. The van der Waals surface area contributed by atoms with E-state index in [2.05, 4.69) is 4.98 Å². The van der Waals surface area contributed by atoms with Gasteiger partial charge in [0.15, 0.2) is 5.60 Å². The molecule has 2 aromatic rings. The maximum Gasteiger partial charge on any atom is 0.266 e. The standard InChI is InChI=1S/C16H16N2O3S/c1-9-13(22-10(2)17-9)8-16(21)12-7-5-4-6-11(12)14(19)18(3)15(16)20/h4-7,21H,8H2,1-3H3/t16-/m0/s1. The molecule has 0 radical (unpaired) electrons. The molecule has 3 rings (SSSR count). The number of nitrogens with zero attached hydrogens (tertiary/aromatic N) is 2. The number of imide groups is 1. The number of thiazole rings is 1. The minimum Gasteiger partial charge on any atom is -0.375 e. The fraction of sp³-hybridized carbons (Fsp3) is 0.312. The summed E-state index contributed by atoms with van der Waals surface area (Å²) in [5.41, 5.74) is -0.191. The van der Waals surface area contributed by atoms with Crippen LogP contribution in [0.2, 0.25) is 0 Å². The minimum absolute atomic E-state index is 0.123. The van der Waals surface area contributed by atoms with Crippen LogP contribution in [0, 0.1) is 13.8 Å². The third kappa shape index (κ3) is 2.07. The van der Waals surface area contributed by atoms with Gasteiger partial charge in [-0.1, -0.05) is 18.2 Å². The Morgan fingerprint density at radius 2 is 1.95 bits per heavy atom. The van der Waals surface area contributed by atoms with Gasteiger partial charge in [-0.2, -0.15) is 0 Å². The molecule has 0 saturated carbocycles. The molecule has 0 saturated heterocycles. The van der Waals surface area contributed by atoms with Crippen LogP contribution in [0.3, 0.4) is 0 Å². The van der Waals surface area contributed by atoms with Crippen LogP contribution in [0.25, 0.3) is 0 Å². The molecule has 0 fully saturated rings. The summed E-state index contributed by atoms with van der Waals surface area (Å²) in [4.78, 5) is 31.0. The van der Waals surface area contributed by atoms with E-state index in [-0.39, 0.29) is 12.3 Å². The zero-order valence-electron chi connectivity index (χ0n) is 12.6. The van der Waals surface area contributed by atoms with Gasteiger partial charge in [-0.25, -0.2) is 4.98 Å². The Morgan fingerprint density at radius 3 is 2.59 bits per heavy atom. The first-order chi connectivity index (χ1) is 10.3. The second-order valence-electron chi connectivity index (χ2n) is 5.49. The Morgan fingerprint density at radius 1 is 1.27 bits per heavy atom. The van der Waals surface area contributed by atoms with Crippen LogP contribution in [0.5, 0.6) is 0 Å². The monoisotopic (exact) mass is 316 g/mol. The van der Waals surface area contributed by atoms with Crippen LogP contribution in [0.4, 0.5) is 0 Å².